The van der Waals surface area contributed by atoms with Crippen LogP contribution in [0.1, 0.15) is 31.2 Å². The number of fused-ring (bicyclic) bond motifs is 1. The van der Waals surface area contributed by atoms with Crippen molar-refractivity contribution in [3.8, 4) is 0 Å². The summed E-state index contributed by atoms with van der Waals surface area (Å²) in [4.78, 5) is 29.2. The number of amides is 1. The molecule has 0 radical (unpaired) electrons. The van der Waals surface area contributed by atoms with E-state index in [0.717, 1.165) is 24.8 Å². The van der Waals surface area contributed by atoms with Crippen LogP contribution in [0.5, 0.6) is 0 Å². The van der Waals surface area contributed by atoms with Gasteiger partial charge >= 0.3 is 5.69 Å². The lowest BCUT2D eigenvalue weighted by atomic mass is 10.1. The molecule has 1 amide bonds. The fourth-order valence-corrected chi connectivity index (χ4v) is 5.19. The Labute approximate surface area is 174 Å². The molecule has 158 valence electrons. The van der Waals surface area contributed by atoms with E-state index in [4.69, 9.17) is 0 Å². The van der Waals surface area contributed by atoms with Crippen LogP contribution >= 0.6 is 0 Å². The monoisotopic (exact) mass is 428 g/mol. The van der Waals surface area contributed by atoms with E-state index in [1.807, 2.05) is 0 Å². The van der Waals surface area contributed by atoms with Crippen molar-refractivity contribution in [3.63, 3.8) is 0 Å². The van der Waals surface area contributed by atoms with Gasteiger partial charge in [0, 0.05) is 25.2 Å². The van der Waals surface area contributed by atoms with E-state index in [1.165, 1.54) is 0 Å². The van der Waals surface area contributed by atoms with Crippen LogP contribution in [0.4, 0.5) is 5.69 Å². The van der Waals surface area contributed by atoms with Crippen LogP contribution in [-0.4, -0.2) is 41.7 Å². The number of anilines is 1. The summed E-state index contributed by atoms with van der Waals surface area (Å²) in [7, 11) is -3.44. The zero-order valence-electron chi connectivity index (χ0n) is 16.5. The van der Waals surface area contributed by atoms with Crippen molar-refractivity contribution < 1.29 is 13.2 Å². The maximum atomic E-state index is 12.7. The highest BCUT2D eigenvalue weighted by Gasteiger charge is 2.25. The number of nitrogens with one attached hydrogen (secondary N) is 3. The Kier molecular flexibility index (Phi) is 5.74. The lowest BCUT2D eigenvalue weighted by Gasteiger charge is -2.25. The van der Waals surface area contributed by atoms with E-state index in [2.05, 4.69) is 15.3 Å². The maximum Gasteiger partial charge on any atom is 0.323 e. The Hall–Kier alpha value is -2.91. The summed E-state index contributed by atoms with van der Waals surface area (Å²) >= 11 is 0. The normalized spacial score (nSPS) is 15.3. The molecule has 1 fully saturated rings. The minimum absolute atomic E-state index is 0.155. The Balaban J connectivity index is 1.35. The third kappa shape index (κ3) is 4.47. The molecule has 0 spiro atoms. The van der Waals surface area contributed by atoms with E-state index < -0.39 is 10.0 Å². The first-order valence-electron chi connectivity index (χ1n) is 10.0. The van der Waals surface area contributed by atoms with Crippen LogP contribution in [0.15, 0.2) is 52.2 Å². The van der Waals surface area contributed by atoms with Crippen molar-refractivity contribution in [2.75, 3.05) is 18.4 Å². The minimum atomic E-state index is -3.44. The second-order valence-corrected chi connectivity index (χ2v) is 9.43. The van der Waals surface area contributed by atoms with Crippen LogP contribution < -0.4 is 11.0 Å². The third-order valence-corrected chi connectivity index (χ3v) is 7.23. The van der Waals surface area contributed by atoms with Gasteiger partial charge in [0.15, 0.2) is 0 Å². The number of aromatic nitrogens is 2. The summed E-state index contributed by atoms with van der Waals surface area (Å²) in [5.41, 5.74) is 2.51. The molecule has 3 aromatic rings. The molecule has 2 heterocycles. The molecular formula is C21H24N4O4S. The molecule has 0 saturated carbocycles. The van der Waals surface area contributed by atoms with Crippen molar-refractivity contribution in [1.29, 1.82) is 0 Å². The SMILES string of the molecule is O=C(CCc1ccc(S(=O)(=O)N2CCCCC2)cc1)Nc1ccc2[nH]c(=O)[nH]c2c1. The number of piperidine rings is 1. The van der Waals surface area contributed by atoms with Crippen molar-refractivity contribution in [1.82, 2.24) is 14.3 Å². The highest BCUT2D eigenvalue weighted by atomic mass is 32.2. The molecule has 0 bridgehead atoms. The van der Waals surface area contributed by atoms with E-state index in [-0.39, 0.29) is 18.0 Å². The molecule has 0 atom stereocenters. The number of aromatic amines is 2. The first kappa shape index (κ1) is 20.4. The van der Waals surface area contributed by atoms with Crippen LogP contribution in [0.25, 0.3) is 11.0 Å². The average Bonchev–Trinajstić information content (AvgIpc) is 3.12. The number of H-pyrrole nitrogens is 2. The number of carbonyl (C=O) groups excluding carboxylic acids is 1. The number of carbonyl (C=O) groups is 1. The first-order valence-corrected chi connectivity index (χ1v) is 11.5. The molecule has 30 heavy (non-hydrogen) atoms. The highest BCUT2D eigenvalue weighted by Crippen LogP contribution is 2.21. The summed E-state index contributed by atoms with van der Waals surface area (Å²) in [6.45, 7) is 1.15. The minimum Gasteiger partial charge on any atom is -0.326 e. The van der Waals surface area contributed by atoms with E-state index in [9.17, 15) is 18.0 Å². The molecule has 1 saturated heterocycles. The van der Waals surface area contributed by atoms with Gasteiger partial charge < -0.3 is 15.3 Å². The molecule has 0 unspecified atom stereocenters. The molecule has 1 aliphatic heterocycles. The van der Waals surface area contributed by atoms with Gasteiger partial charge in [0.2, 0.25) is 15.9 Å². The van der Waals surface area contributed by atoms with Crippen molar-refractivity contribution in [2.24, 2.45) is 0 Å². The zero-order chi connectivity index (χ0) is 21.1. The number of hydrogen-bond acceptors (Lipinski definition) is 4. The molecule has 4 rings (SSSR count). The number of benzene rings is 2. The Morgan fingerprint density at radius 1 is 0.967 bits per heavy atom. The molecule has 1 aliphatic rings. The van der Waals surface area contributed by atoms with Crippen LogP contribution in [0.2, 0.25) is 0 Å². The fraction of sp³-hybridized carbons (Fsp3) is 0.333. The lowest BCUT2D eigenvalue weighted by molar-refractivity contribution is -0.116. The van der Waals surface area contributed by atoms with Crippen LogP contribution in [-0.2, 0) is 21.2 Å². The first-order chi connectivity index (χ1) is 14.4. The maximum absolute atomic E-state index is 12.7. The third-order valence-electron chi connectivity index (χ3n) is 5.32. The van der Waals surface area contributed by atoms with Gasteiger partial charge in [-0.3, -0.25) is 4.79 Å². The second-order valence-electron chi connectivity index (χ2n) is 7.50. The smallest absolute Gasteiger partial charge is 0.323 e. The lowest BCUT2D eigenvalue weighted by Crippen LogP contribution is -2.35. The topological polar surface area (TPSA) is 115 Å². The molecule has 1 aromatic heterocycles. The van der Waals surface area contributed by atoms with E-state index in [0.29, 0.717) is 41.1 Å². The zero-order valence-corrected chi connectivity index (χ0v) is 17.3. The van der Waals surface area contributed by atoms with Crippen molar-refractivity contribution >= 4 is 32.7 Å². The average molecular weight is 429 g/mol. The van der Waals surface area contributed by atoms with E-state index >= 15 is 0 Å². The number of rotatable bonds is 6. The van der Waals surface area contributed by atoms with Crippen LogP contribution in [0, 0.1) is 0 Å². The predicted molar refractivity (Wildman–Crippen MR) is 115 cm³/mol. The molecule has 8 nitrogen and oxygen atoms in total. The van der Waals surface area contributed by atoms with Gasteiger partial charge in [-0.05, 0) is 55.2 Å². The standard InChI is InChI=1S/C21H24N4O4S/c26-20(22-16-7-10-18-19(14-16)24-21(27)23-18)11-6-15-4-8-17(9-5-15)30(28,29)25-12-2-1-3-13-25/h4-5,7-10,14H,1-3,6,11-13H2,(H,22,26)(H2,23,24,27). The summed E-state index contributed by atoms with van der Waals surface area (Å²) in [5, 5.41) is 2.81. The fourth-order valence-electron chi connectivity index (χ4n) is 3.67. The summed E-state index contributed by atoms with van der Waals surface area (Å²) in [6.07, 6.45) is 3.64. The summed E-state index contributed by atoms with van der Waals surface area (Å²) in [5.74, 6) is -0.155. The predicted octanol–water partition coefficient (Wildman–Crippen LogP) is 2.60. The van der Waals surface area contributed by atoms with E-state index in [1.54, 1.807) is 46.8 Å². The van der Waals surface area contributed by atoms with Crippen molar-refractivity contribution in [2.45, 2.75) is 37.0 Å². The van der Waals surface area contributed by atoms with Crippen molar-refractivity contribution in [3.05, 3.63) is 58.5 Å². The second kappa shape index (κ2) is 8.45. The van der Waals surface area contributed by atoms with Gasteiger partial charge in [0.05, 0.1) is 15.9 Å². The van der Waals surface area contributed by atoms with Gasteiger partial charge in [-0.1, -0.05) is 18.6 Å². The molecule has 2 aromatic carbocycles. The number of imidazole rings is 1. The Bertz CT molecular complexity index is 1210. The molecule has 0 aliphatic carbocycles. The Morgan fingerprint density at radius 3 is 2.40 bits per heavy atom. The van der Waals surface area contributed by atoms with Gasteiger partial charge in [-0.2, -0.15) is 4.31 Å². The van der Waals surface area contributed by atoms with Gasteiger partial charge in [-0.25, -0.2) is 13.2 Å². The summed E-state index contributed by atoms with van der Waals surface area (Å²) < 4.78 is 26.9. The highest BCUT2D eigenvalue weighted by molar-refractivity contribution is 7.89. The Morgan fingerprint density at radius 2 is 1.67 bits per heavy atom. The van der Waals surface area contributed by atoms with Gasteiger partial charge in [0.25, 0.3) is 0 Å². The van der Waals surface area contributed by atoms with Gasteiger partial charge in [-0.15, -0.1) is 0 Å². The largest absolute Gasteiger partial charge is 0.326 e. The molecular weight excluding hydrogens is 404 g/mol. The molecule has 3 N–H and O–H groups in total. The molecule has 9 heteroatoms. The quantitative estimate of drug-likeness (QED) is 0.560. The summed E-state index contributed by atoms with van der Waals surface area (Å²) in [6, 6.07) is 11.9. The number of hydrogen-bond donors (Lipinski definition) is 3. The van der Waals surface area contributed by atoms with Gasteiger partial charge in [0.1, 0.15) is 0 Å². The number of nitrogens with zero attached hydrogens (tertiary/aromatic N) is 1. The number of sulfonamides is 1. The number of aryl methyl sites for hydroxylation is 1. The van der Waals surface area contributed by atoms with Crippen LogP contribution in [0.3, 0.4) is 0 Å².